The van der Waals surface area contributed by atoms with Gasteiger partial charge in [0.05, 0.1) is 6.20 Å². The number of rotatable bonds is 18. The first-order valence-corrected chi connectivity index (χ1v) is 11.7. The predicted octanol–water partition coefficient (Wildman–Crippen LogP) is 6.71. The summed E-state index contributed by atoms with van der Waals surface area (Å²) in [6.07, 6.45) is 21.7. The molecule has 28 heavy (non-hydrogen) atoms. The molecule has 0 aromatic carbocycles. The van der Waals surface area contributed by atoms with Gasteiger partial charge in [-0.1, -0.05) is 104 Å². The molecule has 160 valence electrons. The highest BCUT2D eigenvalue weighted by molar-refractivity contribution is 5.89. The lowest BCUT2D eigenvalue weighted by atomic mass is 9.90. The van der Waals surface area contributed by atoms with Crippen LogP contribution < -0.4 is 5.32 Å². The first-order valence-electron chi connectivity index (χ1n) is 11.7. The van der Waals surface area contributed by atoms with Crippen LogP contribution in [0.1, 0.15) is 117 Å². The lowest BCUT2D eigenvalue weighted by Gasteiger charge is -2.17. The van der Waals surface area contributed by atoms with Gasteiger partial charge in [-0.2, -0.15) is 0 Å². The van der Waals surface area contributed by atoms with Gasteiger partial charge in [0.15, 0.2) is 5.82 Å². The average molecular weight is 391 g/mol. The van der Waals surface area contributed by atoms with E-state index in [0.29, 0.717) is 18.2 Å². The van der Waals surface area contributed by atoms with Crippen LogP contribution in [0, 0.1) is 5.92 Å². The van der Waals surface area contributed by atoms with Crippen LogP contribution in [-0.4, -0.2) is 21.3 Å². The largest absolute Gasteiger partial charge is 0.309 e. The molecule has 1 aromatic rings. The number of hydrogen-bond acceptors (Lipinski definition) is 4. The van der Waals surface area contributed by atoms with Crippen molar-refractivity contribution in [2.75, 3.05) is 5.32 Å². The highest BCUT2D eigenvalue weighted by Crippen LogP contribution is 2.23. The Morgan fingerprint density at radius 2 is 1.43 bits per heavy atom. The highest BCUT2D eigenvalue weighted by Gasteiger charge is 2.12. The van der Waals surface area contributed by atoms with Gasteiger partial charge in [-0.05, 0) is 17.6 Å². The van der Waals surface area contributed by atoms with E-state index in [1.54, 1.807) is 12.3 Å². The maximum atomic E-state index is 12.2. The second-order valence-corrected chi connectivity index (χ2v) is 8.07. The van der Waals surface area contributed by atoms with Crippen LogP contribution in [0.25, 0.3) is 0 Å². The minimum atomic E-state index is 0.0383. The van der Waals surface area contributed by atoms with Gasteiger partial charge in [0.1, 0.15) is 0 Å². The third-order valence-corrected chi connectivity index (χ3v) is 5.48. The first kappa shape index (κ1) is 24.5. The van der Waals surface area contributed by atoms with E-state index in [2.05, 4.69) is 34.6 Å². The molecular formula is C23H42N4O. The number of amides is 1. The Bertz CT molecular complexity index is 465. The van der Waals surface area contributed by atoms with E-state index < -0.39 is 0 Å². The number of hydrogen-bond donors (Lipinski definition) is 1. The second kappa shape index (κ2) is 17.6. The lowest BCUT2D eigenvalue weighted by molar-refractivity contribution is -0.116. The summed E-state index contributed by atoms with van der Waals surface area (Å²) in [4.78, 5) is 12.2. The smallest absolute Gasteiger partial charge is 0.225 e. The number of unbranched alkanes of at least 4 members (excludes halogenated alkanes) is 10. The first-order chi connectivity index (χ1) is 13.8. The van der Waals surface area contributed by atoms with Crippen molar-refractivity contribution in [3.8, 4) is 0 Å². The molecule has 1 N–H and O–H groups in total. The molecule has 1 aromatic heterocycles. The minimum absolute atomic E-state index is 0.0383. The quantitative estimate of drug-likeness (QED) is 0.283. The maximum Gasteiger partial charge on any atom is 0.225 e. The lowest BCUT2D eigenvalue weighted by Crippen LogP contribution is -2.15. The summed E-state index contributed by atoms with van der Waals surface area (Å²) < 4.78 is 0. The number of nitrogens with one attached hydrogen (secondary N) is 1. The summed E-state index contributed by atoms with van der Waals surface area (Å²) in [7, 11) is 0. The Balaban J connectivity index is 2.28. The Hall–Kier alpha value is -1.52. The van der Waals surface area contributed by atoms with Crippen molar-refractivity contribution in [1.82, 2.24) is 15.4 Å². The van der Waals surface area contributed by atoms with Crippen molar-refractivity contribution in [3.63, 3.8) is 0 Å². The molecule has 0 bridgehead atoms. The van der Waals surface area contributed by atoms with E-state index in [-0.39, 0.29) is 5.91 Å². The van der Waals surface area contributed by atoms with Gasteiger partial charge < -0.3 is 5.32 Å². The van der Waals surface area contributed by atoms with Gasteiger partial charge in [0.25, 0.3) is 0 Å². The fourth-order valence-corrected chi connectivity index (χ4v) is 3.71. The Kier molecular flexibility index (Phi) is 15.4. The number of aromatic nitrogens is 3. The van der Waals surface area contributed by atoms with E-state index in [4.69, 9.17) is 0 Å². The number of carbonyl (C=O) groups excluding carboxylic acids is 1. The summed E-state index contributed by atoms with van der Waals surface area (Å²) in [5.74, 6) is 1.20. The van der Waals surface area contributed by atoms with E-state index in [0.717, 1.165) is 6.42 Å². The Morgan fingerprint density at radius 3 is 1.96 bits per heavy atom. The van der Waals surface area contributed by atoms with E-state index in [9.17, 15) is 4.79 Å². The Morgan fingerprint density at radius 1 is 0.857 bits per heavy atom. The molecule has 0 aliphatic carbocycles. The monoisotopic (exact) mass is 390 g/mol. The van der Waals surface area contributed by atoms with Gasteiger partial charge >= 0.3 is 0 Å². The van der Waals surface area contributed by atoms with Gasteiger partial charge in [-0.25, -0.2) is 0 Å². The Labute approximate surface area is 172 Å². The van der Waals surface area contributed by atoms with E-state index >= 15 is 0 Å². The van der Waals surface area contributed by atoms with Crippen LogP contribution in [0.2, 0.25) is 0 Å². The summed E-state index contributed by atoms with van der Waals surface area (Å²) in [5.41, 5.74) is 0. The van der Waals surface area contributed by atoms with Crippen LogP contribution in [0.15, 0.2) is 12.3 Å². The SMILES string of the molecule is CCCCCCCCC(CCCCCCCC)CCC(=O)Nc1ccnnn1. The average Bonchev–Trinajstić information content (AvgIpc) is 2.71. The van der Waals surface area contributed by atoms with Crippen molar-refractivity contribution >= 4 is 11.7 Å². The fraction of sp³-hybridized carbons (Fsp3) is 0.826. The number of nitrogens with zero attached hydrogens (tertiary/aromatic N) is 3. The molecule has 5 heteroatoms. The van der Waals surface area contributed by atoms with E-state index in [1.165, 1.54) is 89.9 Å². The molecule has 0 radical (unpaired) electrons. The molecule has 1 amide bonds. The third-order valence-electron chi connectivity index (χ3n) is 5.48. The van der Waals surface area contributed by atoms with Crippen LogP contribution >= 0.6 is 0 Å². The molecule has 5 nitrogen and oxygen atoms in total. The minimum Gasteiger partial charge on any atom is -0.309 e. The zero-order valence-corrected chi connectivity index (χ0v) is 18.3. The second-order valence-electron chi connectivity index (χ2n) is 8.07. The molecule has 1 rings (SSSR count). The normalized spacial score (nSPS) is 11.1. The molecule has 0 spiro atoms. The molecular weight excluding hydrogens is 348 g/mol. The summed E-state index contributed by atoms with van der Waals surface area (Å²) >= 11 is 0. The van der Waals surface area contributed by atoms with Crippen molar-refractivity contribution in [2.24, 2.45) is 5.92 Å². The summed E-state index contributed by atoms with van der Waals surface area (Å²) in [6, 6.07) is 1.68. The molecule has 0 saturated heterocycles. The highest BCUT2D eigenvalue weighted by atomic mass is 16.1. The van der Waals surface area contributed by atoms with Crippen molar-refractivity contribution in [2.45, 2.75) is 117 Å². The predicted molar refractivity (Wildman–Crippen MR) is 117 cm³/mol. The third kappa shape index (κ3) is 13.6. The fourth-order valence-electron chi connectivity index (χ4n) is 3.71. The maximum absolute atomic E-state index is 12.2. The number of anilines is 1. The molecule has 0 saturated carbocycles. The molecule has 1 heterocycles. The topological polar surface area (TPSA) is 67.8 Å². The zero-order valence-electron chi connectivity index (χ0n) is 18.3. The molecule has 0 aliphatic rings. The number of carbonyl (C=O) groups is 1. The van der Waals surface area contributed by atoms with Gasteiger partial charge in [-0.15, -0.1) is 10.2 Å². The van der Waals surface area contributed by atoms with Crippen LogP contribution in [-0.2, 0) is 4.79 Å². The van der Waals surface area contributed by atoms with Crippen molar-refractivity contribution < 1.29 is 4.79 Å². The van der Waals surface area contributed by atoms with Gasteiger partial charge in [-0.3, -0.25) is 4.79 Å². The zero-order chi connectivity index (χ0) is 20.3. The van der Waals surface area contributed by atoms with Gasteiger partial charge in [0, 0.05) is 12.5 Å². The molecule has 0 unspecified atom stereocenters. The van der Waals surface area contributed by atoms with Crippen LogP contribution in [0.4, 0.5) is 5.82 Å². The standard InChI is InChI=1S/C23H42N4O/c1-3-5-7-9-11-13-15-21(16-14-12-10-8-6-4-2)17-18-23(28)25-22-19-20-24-27-26-22/h19-21H,3-18H2,1-2H3,(H,24,25,26,28). The van der Waals surface area contributed by atoms with Crippen molar-refractivity contribution in [1.29, 1.82) is 0 Å². The van der Waals surface area contributed by atoms with Crippen LogP contribution in [0.3, 0.4) is 0 Å². The molecule has 0 aliphatic heterocycles. The van der Waals surface area contributed by atoms with Crippen molar-refractivity contribution in [3.05, 3.63) is 12.3 Å². The summed E-state index contributed by atoms with van der Waals surface area (Å²) in [6.45, 7) is 4.53. The molecule has 0 fully saturated rings. The van der Waals surface area contributed by atoms with Gasteiger partial charge in [0.2, 0.25) is 5.91 Å². The summed E-state index contributed by atoms with van der Waals surface area (Å²) in [5, 5.41) is 13.8. The van der Waals surface area contributed by atoms with Crippen LogP contribution in [0.5, 0.6) is 0 Å². The van der Waals surface area contributed by atoms with E-state index in [1.807, 2.05) is 0 Å². The molecule has 0 atom stereocenters.